The first-order valence-corrected chi connectivity index (χ1v) is 11.5. The van der Waals surface area contributed by atoms with Gasteiger partial charge in [0.25, 0.3) is 0 Å². The average molecular weight is 531 g/mol. The minimum Gasteiger partial charge on any atom is -0.478 e. The summed E-state index contributed by atoms with van der Waals surface area (Å²) in [7, 11) is 0. The van der Waals surface area contributed by atoms with E-state index in [9.17, 15) is 9.90 Å². The molecule has 3 aromatic rings. The zero-order chi connectivity index (χ0) is 21.1. The number of aromatic nitrogens is 2. The molecule has 1 aromatic heterocycles. The molecular weight excluding hydrogens is 510 g/mol. The molecule has 154 valence electrons. The minimum atomic E-state index is -0.989. The van der Waals surface area contributed by atoms with Crippen LogP contribution in [0.5, 0.6) is 0 Å². The molecule has 4 rings (SSSR count). The lowest BCUT2D eigenvalue weighted by Crippen LogP contribution is -2.25. The number of anilines is 1. The molecule has 0 saturated carbocycles. The van der Waals surface area contributed by atoms with Crippen molar-refractivity contribution in [3.05, 3.63) is 86.1 Å². The number of hydrogen-bond acceptors (Lipinski definition) is 4. The molecule has 1 N–H and O–H groups in total. The highest BCUT2D eigenvalue weighted by atomic mass is 79.9. The highest BCUT2D eigenvalue weighted by molar-refractivity contribution is 9.10. The molecule has 5 nitrogen and oxygen atoms in total. The molecule has 1 atom stereocenters. The average Bonchev–Trinajstić information content (AvgIpc) is 3.22. The van der Waals surface area contributed by atoms with Gasteiger partial charge in [-0.3, -0.25) is 0 Å². The van der Waals surface area contributed by atoms with Gasteiger partial charge in [0.15, 0.2) is 0 Å². The number of carboxylic acid groups (broad SMARTS) is 1. The lowest BCUT2D eigenvalue weighted by atomic mass is 10.0. The van der Waals surface area contributed by atoms with Gasteiger partial charge in [-0.1, -0.05) is 56.1 Å². The molecule has 2 heterocycles. The third-order valence-electron chi connectivity index (χ3n) is 5.39. The second-order valence-electron chi connectivity index (χ2n) is 7.37. The van der Waals surface area contributed by atoms with E-state index in [4.69, 9.17) is 4.98 Å². The zero-order valence-corrected chi connectivity index (χ0v) is 19.4. The zero-order valence-electron chi connectivity index (χ0n) is 16.3. The number of benzene rings is 2. The van der Waals surface area contributed by atoms with Crippen LogP contribution in [-0.4, -0.2) is 27.6 Å². The number of carboxylic acids is 1. The molecule has 1 aliphatic rings. The molecule has 2 aromatic carbocycles. The fraction of sp³-hybridized carbons (Fsp3) is 0.261. The predicted molar refractivity (Wildman–Crippen MR) is 124 cm³/mol. The van der Waals surface area contributed by atoms with Crippen molar-refractivity contribution in [3.63, 3.8) is 0 Å². The van der Waals surface area contributed by atoms with Gasteiger partial charge in [0.1, 0.15) is 0 Å². The number of hydrogen-bond donors (Lipinski definition) is 1. The van der Waals surface area contributed by atoms with Crippen LogP contribution in [0.3, 0.4) is 0 Å². The van der Waals surface area contributed by atoms with Gasteiger partial charge in [-0.25, -0.2) is 14.8 Å². The molecule has 0 aliphatic carbocycles. The third-order valence-corrected chi connectivity index (χ3v) is 6.41. The number of rotatable bonds is 6. The highest BCUT2D eigenvalue weighted by Gasteiger charge is 2.29. The first-order chi connectivity index (χ1) is 14.5. The van der Waals surface area contributed by atoms with Gasteiger partial charge in [0.2, 0.25) is 5.95 Å². The number of nitrogens with zero attached hydrogens (tertiary/aromatic N) is 3. The van der Waals surface area contributed by atoms with E-state index in [2.05, 4.69) is 53.9 Å². The summed E-state index contributed by atoms with van der Waals surface area (Å²) in [5.41, 5.74) is 3.11. The Labute approximate surface area is 192 Å². The molecule has 30 heavy (non-hydrogen) atoms. The fourth-order valence-electron chi connectivity index (χ4n) is 3.91. The van der Waals surface area contributed by atoms with Crippen molar-refractivity contribution in [2.24, 2.45) is 0 Å². The second-order valence-corrected chi connectivity index (χ2v) is 9.20. The summed E-state index contributed by atoms with van der Waals surface area (Å²) in [6, 6.07) is 16.6. The largest absolute Gasteiger partial charge is 0.478 e. The van der Waals surface area contributed by atoms with Gasteiger partial charge < -0.3 is 10.0 Å². The van der Waals surface area contributed by atoms with Crippen LogP contribution in [0.25, 0.3) is 0 Å². The summed E-state index contributed by atoms with van der Waals surface area (Å²) >= 11 is 6.98. The van der Waals surface area contributed by atoms with Gasteiger partial charge in [-0.2, -0.15) is 0 Å². The first-order valence-electron chi connectivity index (χ1n) is 9.87. The van der Waals surface area contributed by atoms with E-state index < -0.39 is 5.97 Å². The number of aromatic carboxylic acids is 1. The standard InChI is InChI=1S/C23H21Br2N3O2/c24-17-9-7-16(8-10-17)21-5-2-12-28(21)23-26-14-19(22(29)30)20(27-23)11-6-15-3-1-4-18(25)13-15/h1,3-4,7-10,13-14,21H,2,5-6,11-12H2,(H,29,30)/t21-/m0/s1. The van der Waals surface area contributed by atoms with Crippen molar-refractivity contribution in [1.29, 1.82) is 0 Å². The van der Waals surface area contributed by atoms with Crippen molar-refractivity contribution in [2.45, 2.75) is 31.7 Å². The summed E-state index contributed by atoms with van der Waals surface area (Å²) in [6.07, 6.45) is 4.80. The first kappa shape index (κ1) is 21.0. The van der Waals surface area contributed by atoms with Crippen LogP contribution in [0.2, 0.25) is 0 Å². The molecule has 0 spiro atoms. The van der Waals surface area contributed by atoms with Gasteiger partial charge in [-0.05, 0) is 61.1 Å². The van der Waals surface area contributed by atoms with Crippen molar-refractivity contribution >= 4 is 43.8 Å². The normalized spacial score (nSPS) is 16.1. The summed E-state index contributed by atoms with van der Waals surface area (Å²) in [6.45, 7) is 0.859. The maximum Gasteiger partial charge on any atom is 0.339 e. The fourth-order valence-corrected chi connectivity index (χ4v) is 4.62. The van der Waals surface area contributed by atoms with E-state index in [0.717, 1.165) is 33.9 Å². The van der Waals surface area contributed by atoms with E-state index in [1.165, 1.54) is 11.8 Å². The quantitative estimate of drug-likeness (QED) is 0.434. The van der Waals surface area contributed by atoms with Crippen molar-refractivity contribution in [1.82, 2.24) is 9.97 Å². The molecule has 0 amide bonds. The summed E-state index contributed by atoms with van der Waals surface area (Å²) in [5.74, 6) is -0.383. The van der Waals surface area contributed by atoms with Gasteiger partial charge >= 0.3 is 5.97 Å². The second kappa shape index (κ2) is 9.27. The van der Waals surface area contributed by atoms with Crippen molar-refractivity contribution < 1.29 is 9.90 Å². The molecule has 1 aliphatic heterocycles. The monoisotopic (exact) mass is 529 g/mol. The van der Waals surface area contributed by atoms with E-state index in [1.807, 2.05) is 36.4 Å². The summed E-state index contributed by atoms with van der Waals surface area (Å²) in [5, 5.41) is 9.61. The number of carbonyl (C=O) groups is 1. The Balaban J connectivity index is 1.61. The Morgan fingerprint density at radius 1 is 1.10 bits per heavy atom. The van der Waals surface area contributed by atoms with Crippen LogP contribution in [-0.2, 0) is 12.8 Å². The maximum atomic E-state index is 11.7. The van der Waals surface area contributed by atoms with Crippen LogP contribution < -0.4 is 4.90 Å². The van der Waals surface area contributed by atoms with Gasteiger partial charge in [0.05, 0.1) is 17.3 Å². The summed E-state index contributed by atoms with van der Waals surface area (Å²) in [4.78, 5) is 23.1. The molecular formula is C23H21Br2N3O2. The Morgan fingerprint density at radius 2 is 1.90 bits per heavy atom. The molecule has 0 bridgehead atoms. The Bertz CT molecular complexity index is 1060. The van der Waals surface area contributed by atoms with E-state index in [1.54, 1.807) is 0 Å². The van der Waals surface area contributed by atoms with Crippen LogP contribution in [0.1, 0.15) is 46.1 Å². The van der Waals surface area contributed by atoms with Crippen molar-refractivity contribution in [2.75, 3.05) is 11.4 Å². The Kier molecular flexibility index (Phi) is 6.49. The SMILES string of the molecule is O=C(O)c1cnc(N2CCC[C@H]2c2ccc(Br)cc2)nc1CCc1cccc(Br)c1. The molecule has 7 heteroatoms. The Hall–Kier alpha value is -2.25. The Morgan fingerprint density at radius 3 is 2.63 bits per heavy atom. The lowest BCUT2D eigenvalue weighted by molar-refractivity contribution is 0.0694. The van der Waals surface area contributed by atoms with Gasteiger partial charge in [0, 0.05) is 21.7 Å². The molecule has 0 unspecified atom stereocenters. The third kappa shape index (κ3) is 4.73. The van der Waals surface area contributed by atoms with Crippen molar-refractivity contribution in [3.8, 4) is 0 Å². The topological polar surface area (TPSA) is 66.3 Å². The predicted octanol–water partition coefficient (Wildman–Crippen LogP) is 5.83. The maximum absolute atomic E-state index is 11.7. The van der Waals surface area contributed by atoms with Crippen LogP contribution >= 0.6 is 31.9 Å². The molecule has 1 saturated heterocycles. The van der Waals surface area contributed by atoms with Gasteiger partial charge in [-0.15, -0.1) is 0 Å². The molecule has 0 radical (unpaired) electrons. The highest BCUT2D eigenvalue weighted by Crippen LogP contribution is 2.35. The van der Waals surface area contributed by atoms with Crippen LogP contribution in [0.15, 0.2) is 63.7 Å². The van der Waals surface area contributed by atoms with E-state index >= 15 is 0 Å². The number of aryl methyl sites for hydroxylation is 2. The smallest absolute Gasteiger partial charge is 0.339 e. The molecule has 1 fully saturated rings. The van der Waals surface area contributed by atoms with Crippen LogP contribution in [0, 0.1) is 0 Å². The number of halogens is 2. The summed E-state index contributed by atoms with van der Waals surface area (Å²) < 4.78 is 2.06. The lowest BCUT2D eigenvalue weighted by Gasteiger charge is -2.25. The van der Waals surface area contributed by atoms with Crippen LogP contribution in [0.4, 0.5) is 5.95 Å². The minimum absolute atomic E-state index is 0.174. The van der Waals surface area contributed by atoms with E-state index in [0.29, 0.717) is 24.5 Å². The van der Waals surface area contributed by atoms with E-state index in [-0.39, 0.29) is 11.6 Å².